The van der Waals surface area contributed by atoms with Gasteiger partial charge < -0.3 is 14.8 Å². The summed E-state index contributed by atoms with van der Waals surface area (Å²) in [6.07, 6.45) is 1.32. The first-order valence-electron chi connectivity index (χ1n) is 5.07. The summed E-state index contributed by atoms with van der Waals surface area (Å²) in [7, 11) is 1.96. The summed E-state index contributed by atoms with van der Waals surface area (Å²) in [5.74, 6) is 0. The predicted octanol–water partition coefficient (Wildman–Crippen LogP) is 1.43. The molecule has 0 radical (unpaired) electrons. The largest absolute Gasteiger partial charge is 0.382 e. The Hall–Kier alpha value is -0.120. The number of nitrogens with one attached hydrogen (secondary N) is 1. The van der Waals surface area contributed by atoms with Gasteiger partial charge in [-0.2, -0.15) is 0 Å². The molecule has 80 valence electrons. The molecule has 13 heavy (non-hydrogen) atoms. The topological polar surface area (TPSA) is 30.5 Å². The van der Waals surface area contributed by atoms with Crippen LogP contribution in [0.4, 0.5) is 0 Å². The summed E-state index contributed by atoms with van der Waals surface area (Å²) in [4.78, 5) is 0. The summed E-state index contributed by atoms with van der Waals surface area (Å²) in [5, 5.41) is 3.21. The molecule has 0 aliphatic carbocycles. The minimum atomic E-state index is 0.308. The van der Waals surface area contributed by atoms with E-state index in [0.29, 0.717) is 12.1 Å². The van der Waals surface area contributed by atoms with Crippen molar-refractivity contribution >= 4 is 0 Å². The molecule has 0 heterocycles. The van der Waals surface area contributed by atoms with E-state index in [-0.39, 0.29) is 0 Å². The van der Waals surface area contributed by atoms with Gasteiger partial charge in [0.2, 0.25) is 0 Å². The molecule has 0 saturated carbocycles. The number of ether oxygens (including phenoxy) is 2. The lowest BCUT2D eigenvalue weighted by Gasteiger charge is -2.17. The van der Waals surface area contributed by atoms with Gasteiger partial charge in [-0.25, -0.2) is 0 Å². The van der Waals surface area contributed by atoms with Gasteiger partial charge in [-0.15, -0.1) is 0 Å². The van der Waals surface area contributed by atoms with E-state index in [1.54, 1.807) is 0 Å². The number of rotatable bonds is 8. The van der Waals surface area contributed by atoms with Crippen molar-refractivity contribution in [2.75, 3.05) is 26.9 Å². The molecular weight excluding hydrogens is 166 g/mol. The van der Waals surface area contributed by atoms with Crippen LogP contribution in [0.2, 0.25) is 0 Å². The monoisotopic (exact) mass is 189 g/mol. The maximum Gasteiger partial charge on any atom is 0.0623 e. The molecule has 1 atom stereocenters. The van der Waals surface area contributed by atoms with E-state index in [9.17, 15) is 0 Å². The molecule has 0 aromatic heterocycles. The van der Waals surface area contributed by atoms with E-state index in [1.807, 2.05) is 14.0 Å². The zero-order chi connectivity index (χ0) is 10.1. The Morgan fingerprint density at radius 1 is 1.31 bits per heavy atom. The van der Waals surface area contributed by atoms with Gasteiger partial charge in [-0.3, -0.25) is 0 Å². The molecule has 1 unspecified atom stereocenters. The highest BCUT2D eigenvalue weighted by Crippen LogP contribution is 1.96. The Bertz CT molecular complexity index is 107. The van der Waals surface area contributed by atoms with Crippen molar-refractivity contribution in [3.8, 4) is 0 Å². The van der Waals surface area contributed by atoms with Gasteiger partial charge in [0.05, 0.1) is 12.7 Å². The Morgan fingerprint density at radius 2 is 2.00 bits per heavy atom. The molecule has 0 aromatic rings. The Kier molecular flexibility index (Phi) is 8.40. The van der Waals surface area contributed by atoms with Crippen LogP contribution >= 0.6 is 0 Å². The summed E-state index contributed by atoms with van der Waals surface area (Å²) < 4.78 is 10.8. The molecule has 0 aromatic carbocycles. The molecule has 0 saturated heterocycles. The molecule has 0 aliphatic heterocycles. The van der Waals surface area contributed by atoms with E-state index in [0.717, 1.165) is 26.2 Å². The fourth-order valence-corrected chi connectivity index (χ4v) is 0.990. The maximum atomic E-state index is 5.51. The minimum absolute atomic E-state index is 0.308. The van der Waals surface area contributed by atoms with Crippen molar-refractivity contribution in [3.63, 3.8) is 0 Å². The zero-order valence-electron chi connectivity index (χ0n) is 9.30. The lowest BCUT2D eigenvalue weighted by molar-refractivity contribution is 0.0512. The summed E-state index contributed by atoms with van der Waals surface area (Å²) in [6, 6.07) is 0.411. The average molecular weight is 189 g/mol. The van der Waals surface area contributed by atoms with Crippen molar-refractivity contribution in [2.24, 2.45) is 0 Å². The van der Waals surface area contributed by atoms with E-state index >= 15 is 0 Å². The van der Waals surface area contributed by atoms with Crippen LogP contribution in [0.15, 0.2) is 0 Å². The van der Waals surface area contributed by atoms with Crippen LogP contribution in [-0.2, 0) is 9.47 Å². The molecule has 0 aliphatic rings. The van der Waals surface area contributed by atoms with Crippen LogP contribution in [0, 0.1) is 0 Å². The van der Waals surface area contributed by atoms with Crippen molar-refractivity contribution < 1.29 is 9.47 Å². The lowest BCUT2D eigenvalue weighted by atomic mass is 10.2. The van der Waals surface area contributed by atoms with Gasteiger partial charge in [0, 0.05) is 19.3 Å². The van der Waals surface area contributed by atoms with Crippen molar-refractivity contribution in [1.29, 1.82) is 0 Å². The normalized spacial score (nSPS) is 13.6. The van der Waals surface area contributed by atoms with Gasteiger partial charge in [0.25, 0.3) is 0 Å². The Morgan fingerprint density at radius 3 is 2.46 bits per heavy atom. The van der Waals surface area contributed by atoms with Gasteiger partial charge >= 0.3 is 0 Å². The third kappa shape index (κ3) is 8.22. The highest BCUT2D eigenvalue weighted by Gasteiger charge is 2.06. The quantitative estimate of drug-likeness (QED) is 0.586. The second-order valence-electron chi connectivity index (χ2n) is 3.35. The molecular formula is C10H23NO2. The van der Waals surface area contributed by atoms with Crippen LogP contribution in [0.1, 0.15) is 27.2 Å². The van der Waals surface area contributed by atoms with Crippen LogP contribution < -0.4 is 5.32 Å². The average Bonchev–Trinajstić information content (AvgIpc) is 2.10. The molecule has 0 bridgehead atoms. The fourth-order valence-electron chi connectivity index (χ4n) is 0.990. The first-order chi connectivity index (χ1) is 6.20. The smallest absolute Gasteiger partial charge is 0.0623 e. The third-order valence-corrected chi connectivity index (χ3v) is 1.85. The van der Waals surface area contributed by atoms with Crippen LogP contribution in [0.5, 0.6) is 0 Å². The van der Waals surface area contributed by atoms with Gasteiger partial charge in [0.15, 0.2) is 0 Å². The standard InChI is InChI=1S/C10H23NO2/c1-5-12-7-6-10(11-4)8-13-9(2)3/h9-11H,5-8H2,1-4H3. The van der Waals surface area contributed by atoms with E-state index in [4.69, 9.17) is 9.47 Å². The number of hydrogen-bond acceptors (Lipinski definition) is 3. The molecule has 3 nitrogen and oxygen atoms in total. The van der Waals surface area contributed by atoms with Crippen LogP contribution in [0.25, 0.3) is 0 Å². The molecule has 0 amide bonds. The van der Waals surface area contributed by atoms with E-state index < -0.39 is 0 Å². The fraction of sp³-hybridized carbons (Fsp3) is 1.00. The highest BCUT2D eigenvalue weighted by atomic mass is 16.5. The van der Waals surface area contributed by atoms with Gasteiger partial charge in [0.1, 0.15) is 0 Å². The van der Waals surface area contributed by atoms with Crippen LogP contribution in [-0.4, -0.2) is 39.0 Å². The molecule has 3 heteroatoms. The van der Waals surface area contributed by atoms with E-state index in [2.05, 4.69) is 19.2 Å². The molecule has 1 N–H and O–H groups in total. The van der Waals surface area contributed by atoms with Crippen LogP contribution in [0.3, 0.4) is 0 Å². The highest BCUT2D eigenvalue weighted by molar-refractivity contribution is 4.63. The number of hydrogen-bond donors (Lipinski definition) is 1. The lowest BCUT2D eigenvalue weighted by Crippen LogP contribution is -2.32. The van der Waals surface area contributed by atoms with Crippen molar-refractivity contribution in [1.82, 2.24) is 5.32 Å². The zero-order valence-corrected chi connectivity index (χ0v) is 9.30. The summed E-state index contributed by atoms with van der Waals surface area (Å²) >= 11 is 0. The second-order valence-corrected chi connectivity index (χ2v) is 3.35. The second kappa shape index (κ2) is 8.48. The summed E-state index contributed by atoms with van der Waals surface area (Å²) in [6.45, 7) is 8.48. The van der Waals surface area contributed by atoms with Crippen molar-refractivity contribution in [3.05, 3.63) is 0 Å². The Balaban J connectivity index is 3.39. The van der Waals surface area contributed by atoms with Crippen molar-refractivity contribution in [2.45, 2.75) is 39.3 Å². The molecule has 0 spiro atoms. The first kappa shape index (κ1) is 12.9. The number of likely N-dealkylation sites (N-methyl/N-ethyl adjacent to an activating group) is 1. The predicted molar refractivity (Wildman–Crippen MR) is 55.0 cm³/mol. The summed E-state index contributed by atoms with van der Waals surface area (Å²) in [5.41, 5.74) is 0. The van der Waals surface area contributed by atoms with E-state index in [1.165, 1.54) is 0 Å². The Labute approximate surface area is 81.8 Å². The maximum absolute atomic E-state index is 5.51. The first-order valence-corrected chi connectivity index (χ1v) is 5.07. The molecule has 0 rings (SSSR count). The third-order valence-electron chi connectivity index (χ3n) is 1.85. The van der Waals surface area contributed by atoms with Gasteiger partial charge in [-0.1, -0.05) is 0 Å². The van der Waals surface area contributed by atoms with Gasteiger partial charge in [-0.05, 0) is 34.2 Å². The SMILES string of the molecule is CCOCCC(COC(C)C)NC. The molecule has 0 fully saturated rings. The minimum Gasteiger partial charge on any atom is -0.382 e.